The van der Waals surface area contributed by atoms with Crippen molar-refractivity contribution in [3.05, 3.63) is 35.4 Å². The van der Waals surface area contributed by atoms with Crippen LogP contribution in [0.1, 0.15) is 70.4 Å². The summed E-state index contributed by atoms with van der Waals surface area (Å²) in [5.74, 6) is 0.486. The van der Waals surface area contributed by atoms with Gasteiger partial charge in [0.1, 0.15) is 5.60 Å². The number of ether oxygens (including phenoxy) is 1. The zero-order valence-electron chi connectivity index (χ0n) is 16.2. The maximum absolute atomic E-state index is 11.7. The Morgan fingerprint density at radius 3 is 2.32 bits per heavy atom. The summed E-state index contributed by atoms with van der Waals surface area (Å²) in [6, 6.07) is 9.56. The fraction of sp³-hybridized carbons (Fsp3) is 0.667. The van der Waals surface area contributed by atoms with Crippen LogP contribution in [0, 0.1) is 0 Å². The highest BCUT2D eigenvalue weighted by molar-refractivity contribution is 5.72. The second-order valence-electron chi connectivity index (χ2n) is 8.04. The highest BCUT2D eigenvalue weighted by atomic mass is 16.6. The van der Waals surface area contributed by atoms with E-state index in [1.54, 1.807) is 0 Å². The fourth-order valence-electron chi connectivity index (χ4n) is 3.51. The predicted molar refractivity (Wildman–Crippen MR) is 103 cm³/mol. The molecule has 0 unspecified atom stereocenters. The highest BCUT2D eigenvalue weighted by Gasteiger charge is 2.21. The van der Waals surface area contributed by atoms with Gasteiger partial charge in [0, 0.05) is 12.6 Å². The molecule has 140 valence electrons. The van der Waals surface area contributed by atoms with Crippen molar-refractivity contribution >= 4 is 5.97 Å². The Morgan fingerprint density at radius 1 is 1.12 bits per heavy atom. The van der Waals surface area contributed by atoms with Crippen LogP contribution in [0.25, 0.3) is 0 Å². The van der Waals surface area contributed by atoms with Crippen molar-refractivity contribution in [2.45, 2.75) is 77.5 Å². The van der Waals surface area contributed by atoms with Crippen molar-refractivity contribution in [3.63, 3.8) is 0 Å². The van der Waals surface area contributed by atoms with E-state index in [-0.39, 0.29) is 12.5 Å². The van der Waals surface area contributed by atoms with Gasteiger partial charge < -0.3 is 15.4 Å². The molecule has 0 bridgehead atoms. The molecule has 4 heteroatoms. The lowest BCUT2D eigenvalue weighted by Crippen LogP contribution is -2.32. The monoisotopic (exact) mass is 346 g/mol. The van der Waals surface area contributed by atoms with Gasteiger partial charge in [0.05, 0.1) is 6.54 Å². The Morgan fingerprint density at radius 2 is 1.76 bits per heavy atom. The molecule has 1 aliphatic carbocycles. The van der Waals surface area contributed by atoms with Crippen molar-refractivity contribution in [1.82, 2.24) is 10.6 Å². The van der Waals surface area contributed by atoms with Crippen LogP contribution in [-0.2, 0) is 16.1 Å². The summed E-state index contributed by atoms with van der Waals surface area (Å²) in [7, 11) is 0. The van der Waals surface area contributed by atoms with Crippen molar-refractivity contribution in [2.75, 3.05) is 13.1 Å². The third-order valence-corrected chi connectivity index (χ3v) is 4.69. The number of benzene rings is 1. The van der Waals surface area contributed by atoms with Gasteiger partial charge in [-0.05, 0) is 70.0 Å². The highest BCUT2D eigenvalue weighted by Crippen LogP contribution is 2.32. The van der Waals surface area contributed by atoms with Gasteiger partial charge in [-0.15, -0.1) is 0 Å². The smallest absolute Gasteiger partial charge is 0.320 e. The van der Waals surface area contributed by atoms with Gasteiger partial charge >= 0.3 is 5.97 Å². The van der Waals surface area contributed by atoms with E-state index >= 15 is 0 Å². The van der Waals surface area contributed by atoms with Gasteiger partial charge in [-0.3, -0.25) is 4.79 Å². The largest absolute Gasteiger partial charge is 0.459 e. The lowest BCUT2D eigenvalue weighted by Gasteiger charge is -2.29. The number of esters is 1. The molecule has 0 amide bonds. The number of rotatable bonds is 7. The number of carbonyl (C=O) groups is 1. The first-order valence-corrected chi connectivity index (χ1v) is 9.62. The third kappa shape index (κ3) is 7.17. The first-order valence-electron chi connectivity index (χ1n) is 9.62. The molecule has 25 heavy (non-hydrogen) atoms. The molecule has 0 aliphatic heterocycles. The first-order chi connectivity index (χ1) is 11.9. The summed E-state index contributed by atoms with van der Waals surface area (Å²) in [5, 5.41) is 6.73. The van der Waals surface area contributed by atoms with Crippen LogP contribution >= 0.6 is 0 Å². The lowest BCUT2D eigenvalue weighted by atomic mass is 9.81. The molecule has 1 aromatic rings. The van der Waals surface area contributed by atoms with Crippen LogP contribution in [0.2, 0.25) is 0 Å². The quantitative estimate of drug-likeness (QED) is 0.738. The molecule has 0 spiro atoms. The molecular formula is C21H34N2O2. The summed E-state index contributed by atoms with van der Waals surface area (Å²) in [6.07, 6.45) is 5.09. The average molecular weight is 347 g/mol. The maximum Gasteiger partial charge on any atom is 0.320 e. The van der Waals surface area contributed by atoms with Gasteiger partial charge in [0.2, 0.25) is 0 Å². The van der Waals surface area contributed by atoms with Gasteiger partial charge in [-0.2, -0.15) is 0 Å². The van der Waals surface area contributed by atoms with Gasteiger partial charge in [0.15, 0.2) is 0 Å². The molecule has 0 radical (unpaired) electrons. The van der Waals surface area contributed by atoms with E-state index in [1.807, 2.05) is 20.8 Å². The number of hydrogen-bond acceptors (Lipinski definition) is 4. The van der Waals surface area contributed by atoms with Crippen LogP contribution in [0.15, 0.2) is 24.3 Å². The zero-order valence-corrected chi connectivity index (χ0v) is 16.2. The zero-order chi connectivity index (χ0) is 18.3. The van der Waals surface area contributed by atoms with E-state index < -0.39 is 5.60 Å². The SMILES string of the molecule is CCN[C@H]1CC[C@H](c2ccc(CNCC(=O)OC(C)(C)C)cc2)CC1. The Bertz CT molecular complexity index is 526. The van der Waals surface area contributed by atoms with E-state index in [9.17, 15) is 4.79 Å². The summed E-state index contributed by atoms with van der Waals surface area (Å²) in [5.41, 5.74) is 2.23. The van der Waals surface area contributed by atoms with Crippen molar-refractivity contribution in [2.24, 2.45) is 0 Å². The number of nitrogens with one attached hydrogen (secondary N) is 2. The topological polar surface area (TPSA) is 50.4 Å². The van der Waals surface area contributed by atoms with Crippen molar-refractivity contribution < 1.29 is 9.53 Å². The van der Waals surface area contributed by atoms with Crippen LogP contribution in [0.3, 0.4) is 0 Å². The summed E-state index contributed by atoms with van der Waals surface area (Å²) >= 11 is 0. The average Bonchev–Trinajstić information content (AvgIpc) is 2.55. The molecule has 0 aromatic heterocycles. The Hall–Kier alpha value is -1.39. The van der Waals surface area contributed by atoms with E-state index in [4.69, 9.17) is 4.74 Å². The summed E-state index contributed by atoms with van der Waals surface area (Å²) in [6.45, 7) is 9.84. The van der Waals surface area contributed by atoms with Gasteiger partial charge in [0.25, 0.3) is 0 Å². The van der Waals surface area contributed by atoms with Crippen LogP contribution < -0.4 is 10.6 Å². The predicted octanol–water partition coefficient (Wildman–Crippen LogP) is 3.75. The molecule has 4 nitrogen and oxygen atoms in total. The molecular weight excluding hydrogens is 312 g/mol. The standard InChI is InChI=1S/C21H34N2O2/c1-5-23-19-12-10-18(11-13-19)17-8-6-16(7-9-17)14-22-15-20(24)25-21(2,3)4/h6-9,18-19,22-23H,5,10-15H2,1-4H3/t18-,19-. The van der Waals surface area contributed by atoms with Crippen LogP contribution in [-0.4, -0.2) is 30.7 Å². The Labute approximate surface area is 152 Å². The maximum atomic E-state index is 11.7. The van der Waals surface area contributed by atoms with Crippen molar-refractivity contribution in [1.29, 1.82) is 0 Å². The molecule has 0 saturated heterocycles. The second kappa shape index (κ2) is 9.35. The normalized spacial score (nSPS) is 21.1. The van der Waals surface area contributed by atoms with Crippen LogP contribution in [0.5, 0.6) is 0 Å². The van der Waals surface area contributed by atoms with Gasteiger partial charge in [-0.1, -0.05) is 31.2 Å². The molecule has 0 atom stereocenters. The first kappa shape index (κ1) is 19.9. The molecule has 2 N–H and O–H groups in total. The molecule has 1 aliphatic rings. The number of hydrogen-bond donors (Lipinski definition) is 2. The van der Waals surface area contributed by atoms with Gasteiger partial charge in [-0.25, -0.2) is 0 Å². The van der Waals surface area contributed by atoms with E-state index in [0.717, 1.165) is 6.54 Å². The summed E-state index contributed by atoms with van der Waals surface area (Å²) in [4.78, 5) is 11.7. The molecule has 1 aromatic carbocycles. The van der Waals surface area contributed by atoms with Crippen molar-refractivity contribution in [3.8, 4) is 0 Å². The number of carbonyl (C=O) groups excluding carboxylic acids is 1. The summed E-state index contributed by atoms with van der Waals surface area (Å²) < 4.78 is 5.29. The minimum Gasteiger partial charge on any atom is -0.459 e. The molecule has 2 rings (SSSR count). The second-order valence-corrected chi connectivity index (χ2v) is 8.04. The fourth-order valence-corrected chi connectivity index (χ4v) is 3.51. The van der Waals surface area contributed by atoms with E-state index in [1.165, 1.54) is 36.8 Å². The minimum absolute atomic E-state index is 0.207. The third-order valence-electron chi connectivity index (χ3n) is 4.69. The Kier molecular flexibility index (Phi) is 7.45. The molecule has 1 saturated carbocycles. The minimum atomic E-state index is -0.425. The van der Waals surface area contributed by atoms with E-state index in [2.05, 4.69) is 41.8 Å². The van der Waals surface area contributed by atoms with Crippen LogP contribution in [0.4, 0.5) is 0 Å². The Balaban J connectivity index is 1.74. The van der Waals surface area contributed by atoms with E-state index in [0.29, 0.717) is 18.5 Å². The molecule has 1 fully saturated rings. The molecule has 0 heterocycles. The lowest BCUT2D eigenvalue weighted by molar-refractivity contribution is -0.153.